The first-order valence-electron chi connectivity index (χ1n) is 10.4. The van der Waals surface area contributed by atoms with Crippen molar-refractivity contribution in [1.29, 1.82) is 0 Å². The predicted octanol–water partition coefficient (Wildman–Crippen LogP) is 4.23. The fraction of sp³-hybridized carbons (Fsp3) is 0.950. The van der Waals surface area contributed by atoms with Crippen LogP contribution in [-0.2, 0) is 23.7 Å². The summed E-state index contributed by atoms with van der Waals surface area (Å²) in [7, 11) is 0. The number of ketones is 1. The molecule has 0 N–H and O–H groups in total. The number of Topliss-reactive ketones (excluding diaryl/α,β-unsaturated/α-hetero) is 1. The standard InChI is InChI=1S/C11H18F2O3.C9H14F2O2/c12-10(13)8-14-7-9-1-3-11(4-2-9)15-5-6-16-11;10-9(11)6-13-5-7-1-3-8(12)4-2-7/h9-10H,1-8H2;7,9H,1-6H2. The van der Waals surface area contributed by atoms with E-state index < -0.39 is 26.1 Å². The number of hydrogen-bond acceptors (Lipinski definition) is 5. The zero-order valence-corrected chi connectivity index (χ0v) is 16.8. The largest absolute Gasteiger partial charge is 0.375 e. The molecule has 1 aliphatic heterocycles. The maximum absolute atomic E-state index is 11.9. The lowest BCUT2D eigenvalue weighted by Crippen LogP contribution is -2.36. The fourth-order valence-corrected chi connectivity index (χ4v) is 3.88. The molecule has 2 saturated carbocycles. The van der Waals surface area contributed by atoms with Crippen molar-refractivity contribution in [3.05, 3.63) is 0 Å². The van der Waals surface area contributed by atoms with Gasteiger partial charge in [-0.15, -0.1) is 0 Å². The second-order valence-electron chi connectivity index (χ2n) is 7.89. The summed E-state index contributed by atoms with van der Waals surface area (Å²) in [4.78, 5) is 10.8. The number of carbonyl (C=O) groups excluding carboxylic acids is 1. The van der Waals surface area contributed by atoms with E-state index in [1.807, 2.05) is 0 Å². The minimum absolute atomic E-state index is 0.283. The number of alkyl halides is 4. The second kappa shape index (κ2) is 12.8. The van der Waals surface area contributed by atoms with E-state index in [9.17, 15) is 22.4 Å². The molecule has 3 aliphatic rings. The minimum atomic E-state index is -2.38. The van der Waals surface area contributed by atoms with Crippen molar-refractivity contribution in [2.75, 3.05) is 39.6 Å². The minimum Gasteiger partial charge on any atom is -0.375 e. The highest BCUT2D eigenvalue weighted by Gasteiger charge is 2.40. The van der Waals surface area contributed by atoms with Gasteiger partial charge < -0.3 is 18.9 Å². The third-order valence-electron chi connectivity index (χ3n) is 5.54. The van der Waals surface area contributed by atoms with E-state index >= 15 is 0 Å². The lowest BCUT2D eigenvalue weighted by atomic mass is 9.85. The predicted molar refractivity (Wildman–Crippen MR) is 97.2 cm³/mol. The Balaban J connectivity index is 0.000000212. The summed E-state index contributed by atoms with van der Waals surface area (Å²) in [5, 5.41) is 0. The molecule has 1 spiro atoms. The summed E-state index contributed by atoms with van der Waals surface area (Å²) in [6, 6.07) is 0. The van der Waals surface area contributed by atoms with Gasteiger partial charge in [0.2, 0.25) is 0 Å². The Morgan fingerprint density at radius 2 is 1.28 bits per heavy atom. The highest BCUT2D eigenvalue weighted by Crippen LogP contribution is 2.38. The molecule has 9 heteroatoms. The Kier molecular flexibility index (Phi) is 10.8. The van der Waals surface area contributed by atoms with Crippen LogP contribution in [0.2, 0.25) is 0 Å². The summed E-state index contributed by atoms with van der Waals surface area (Å²) >= 11 is 0. The topological polar surface area (TPSA) is 54.0 Å². The molecule has 2 aliphatic carbocycles. The first kappa shape index (κ1) is 24.5. The quantitative estimate of drug-likeness (QED) is 0.542. The van der Waals surface area contributed by atoms with Crippen LogP contribution in [0.5, 0.6) is 0 Å². The summed E-state index contributed by atoms with van der Waals surface area (Å²) in [6.45, 7) is 1.22. The SMILES string of the molecule is FC(F)COCC1CCC2(CC1)OCCO2.O=C1CCC(COCC(F)F)CC1. The van der Waals surface area contributed by atoms with Crippen molar-refractivity contribution in [3.63, 3.8) is 0 Å². The molecule has 0 unspecified atom stereocenters. The number of ether oxygens (including phenoxy) is 4. The Bertz CT molecular complexity index is 452. The molecule has 0 aromatic rings. The van der Waals surface area contributed by atoms with E-state index in [-0.39, 0.29) is 11.6 Å². The van der Waals surface area contributed by atoms with Gasteiger partial charge in [-0.3, -0.25) is 4.79 Å². The molecule has 3 fully saturated rings. The van der Waals surface area contributed by atoms with Gasteiger partial charge in [0, 0.05) is 38.9 Å². The summed E-state index contributed by atoms with van der Waals surface area (Å²) < 4.78 is 68.0. The van der Waals surface area contributed by atoms with Crippen LogP contribution < -0.4 is 0 Å². The van der Waals surface area contributed by atoms with Crippen LogP contribution in [0, 0.1) is 11.8 Å². The monoisotopic (exact) mass is 428 g/mol. The molecular weight excluding hydrogens is 396 g/mol. The normalized spacial score (nSPS) is 23.0. The summed E-state index contributed by atoms with van der Waals surface area (Å²) in [5.41, 5.74) is 0. The molecule has 1 heterocycles. The Hall–Kier alpha value is -0.770. The third-order valence-corrected chi connectivity index (χ3v) is 5.54. The zero-order valence-electron chi connectivity index (χ0n) is 16.8. The van der Waals surface area contributed by atoms with Gasteiger partial charge >= 0.3 is 0 Å². The van der Waals surface area contributed by atoms with E-state index in [2.05, 4.69) is 0 Å². The van der Waals surface area contributed by atoms with E-state index in [1.54, 1.807) is 0 Å². The first-order valence-corrected chi connectivity index (χ1v) is 10.4. The van der Waals surface area contributed by atoms with Crippen LogP contribution in [-0.4, -0.2) is 64.1 Å². The second-order valence-corrected chi connectivity index (χ2v) is 7.89. The van der Waals surface area contributed by atoms with Gasteiger partial charge in [-0.25, -0.2) is 17.6 Å². The van der Waals surface area contributed by atoms with Crippen molar-refractivity contribution >= 4 is 5.78 Å². The van der Waals surface area contributed by atoms with Crippen LogP contribution in [0.15, 0.2) is 0 Å². The molecule has 0 atom stereocenters. The molecule has 1 saturated heterocycles. The maximum Gasteiger partial charge on any atom is 0.261 e. The Morgan fingerprint density at radius 1 is 0.828 bits per heavy atom. The average Bonchev–Trinajstić information content (AvgIpc) is 3.13. The average molecular weight is 428 g/mol. The number of carbonyl (C=O) groups is 1. The lowest BCUT2D eigenvalue weighted by molar-refractivity contribution is -0.185. The molecule has 0 radical (unpaired) electrons. The van der Waals surface area contributed by atoms with Crippen molar-refractivity contribution in [2.24, 2.45) is 11.8 Å². The van der Waals surface area contributed by atoms with Crippen molar-refractivity contribution in [2.45, 2.75) is 70.0 Å². The summed E-state index contributed by atoms with van der Waals surface area (Å²) in [5.74, 6) is 0.595. The zero-order chi connectivity index (χ0) is 21.1. The van der Waals surface area contributed by atoms with Crippen LogP contribution in [0.4, 0.5) is 17.6 Å². The van der Waals surface area contributed by atoms with Crippen LogP contribution in [0.25, 0.3) is 0 Å². The van der Waals surface area contributed by atoms with E-state index in [0.29, 0.717) is 51.1 Å². The van der Waals surface area contributed by atoms with Gasteiger partial charge in [0.05, 0.1) is 13.2 Å². The Morgan fingerprint density at radius 3 is 1.72 bits per heavy atom. The number of rotatable bonds is 8. The molecule has 0 amide bonds. The van der Waals surface area contributed by atoms with Crippen LogP contribution in [0.1, 0.15) is 51.4 Å². The fourth-order valence-electron chi connectivity index (χ4n) is 3.88. The van der Waals surface area contributed by atoms with Crippen LogP contribution in [0.3, 0.4) is 0 Å². The lowest BCUT2D eigenvalue weighted by Gasteiger charge is -2.35. The van der Waals surface area contributed by atoms with Crippen LogP contribution >= 0.6 is 0 Å². The molecule has 0 bridgehead atoms. The van der Waals surface area contributed by atoms with E-state index in [4.69, 9.17) is 18.9 Å². The number of halogens is 4. The van der Waals surface area contributed by atoms with Gasteiger partial charge in [-0.2, -0.15) is 0 Å². The van der Waals surface area contributed by atoms with E-state index in [1.165, 1.54) is 0 Å². The first-order chi connectivity index (χ1) is 13.9. The molecule has 0 aromatic heterocycles. The van der Waals surface area contributed by atoms with Crippen molar-refractivity contribution in [3.8, 4) is 0 Å². The molecule has 29 heavy (non-hydrogen) atoms. The molecular formula is C20H32F4O5. The summed E-state index contributed by atoms with van der Waals surface area (Å²) in [6.07, 6.45) is 1.59. The smallest absolute Gasteiger partial charge is 0.261 e. The molecule has 5 nitrogen and oxygen atoms in total. The number of hydrogen-bond donors (Lipinski definition) is 0. The third kappa shape index (κ3) is 9.72. The van der Waals surface area contributed by atoms with Gasteiger partial charge in [0.25, 0.3) is 12.9 Å². The highest BCUT2D eigenvalue weighted by atomic mass is 19.3. The van der Waals surface area contributed by atoms with Gasteiger partial charge in [0.15, 0.2) is 5.79 Å². The van der Waals surface area contributed by atoms with E-state index in [0.717, 1.165) is 38.5 Å². The Labute approximate surface area is 169 Å². The van der Waals surface area contributed by atoms with Crippen molar-refractivity contribution < 1.29 is 41.3 Å². The molecule has 3 rings (SSSR count). The van der Waals surface area contributed by atoms with Gasteiger partial charge in [-0.05, 0) is 37.5 Å². The maximum atomic E-state index is 11.9. The van der Waals surface area contributed by atoms with Gasteiger partial charge in [-0.1, -0.05) is 0 Å². The molecule has 170 valence electrons. The molecule has 0 aromatic carbocycles. The van der Waals surface area contributed by atoms with Crippen molar-refractivity contribution in [1.82, 2.24) is 0 Å². The highest BCUT2D eigenvalue weighted by molar-refractivity contribution is 5.79. The van der Waals surface area contributed by atoms with Gasteiger partial charge in [0.1, 0.15) is 19.0 Å².